The molecule has 140 valence electrons. The maximum atomic E-state index is 12.9. The Morgan fingerprint density at radius 3 is 2.85 bits per heavy atom. The van der Waals surface area contributed by atoms with Gasteiger partial charge in [-0.25, -0.2) is 4.98 Å². The summed E-state index contributed by atoms with van der Waals surface area (Å²) < 4.78 is 0. The molecule has 26 heavy (non-hydrogen) atoms. The van der Waals surface area contributed by atoms with Crippen LogP contribution in [0.5, 0.6) is 0 Å². The second-order valence-corrected chi connectivity index (χ2v) is 8.28. The molecule has 3 fully saturated rings. The number of piperidine rings is 2. The molecule has 2 saturated heterocycles. The Kier molecular flexibility index (Phi) is 4.88. The van der Waals surface area contributed by atoms with Crippen molar-refractivity contribution in [2.75, 3.05) is 31.5 Å². The Morgan fingerprint density at radius 2 is 2.12 bits per heavy atom. The molecule has 6 nitrogen and oxygen atoms in total. The van der Waals surface area contributed by atoms with Crippen LogP contribution in [0.3, 0.4) is 0 Å². The quantitative estimate of drug-likeness (QED) is 0.848. The van der Waals surface area contributed by atoms with Crippen LogP contribution >= 0.6 is 11.6 Å². The van der Waals surface area contributed by atoms with Crippen LogP contribution in [0.2, 0.25) is 5.02 Å². The van der Waals surface area contributed by atoms with Gasteiger partial charge in [-0.1, -0.05) is 11.6 Å². The molecule has 1 aromatic rings. The molecule has 1 aliphatic carbocycles. The van der Waals surface area contributed by atoms with Crippen molar-refractivity contribution < 1.29 is 9.59 Å². The Hall–Kier alpha value is -1.66. The average molecular weight is 377 g/mol. The fourth-order valence-electron chi connectivity index (χ4n) is 4.46. The monoisotopic (exact) mass is 376 g/mol. The highest BCUT2D eigenvalue weighted by molar-refractivity contribution is 6.30. The minimum absolute atomic E-state index is 0.0651. The van der Waals surface area contributed by atoms with E-state index in [4.69, 9.17) is 11.6 Å². The number of hydrogen-bond acceptors (Lipinski definition) is 4. The number of carbonyl (C=O) groups is 2. The molecule has 2 unspecified atom stereocenters. The highest BCUT2D eigenvalue weighted by atomic mass is 35.5. The third-order valence-electron chi connectivity index (χ3n) is 6.17. The fourth-order valence-corrected chi connectivity index (χ4v) is 4.58. The summed E-state index contributed by atoms with van der Waals surface area (Å²) >= 11 is 5.82. The third kappa shape index (κ3) is 3.58. The lowest BCUT2D eigenvalue weighted by molar-refractivity contribution is -0.136. The first kappa shape index (κ1) is 17.7. The van der Waals surface area contributed by atoms with E-state index >= 15 is 0 Å². The summed E-state index contributed by atoms with van der Waals surface area (Å²) in [7, 11) is 0. The molecule has 2 atom stereocenters. The minimum atomic E-state index is -0.173. The van der Waals surface area contributed by atoms with Gasteiger partial charge in [0.1, 0.15) is 5.82 Å². The molecular weight excluding hydrogens is 352 g/mol. The zero-order chi connectivity index (χ0) is 18.1. The van der Waals surface area contributed by atoms with E-state index in [1.165, 1.54) is 6.20 Å². The number of anilines is 1. The Balaban J connectivity index is 1.34. The first-order chi connectivity index (χ1) is 12.6. The molecule has 0 aromatic carbocycles. The van der Waals surface area contributed by atoms with Gasteiger partial charge < -0.3 is 15.5 Å². The Morgan fingerprint density at radius 1 is 1.31 bits per heavy atom. The molecule has 2 amide bonds. The molecule has 0 radical (unpaired) electrons. The molecule has 0 bridgehead atoms. The summed E-state index contributed by atoms with van der Waals surface area (Å²) in [6.07, 6.45) is 6.42. The molecule has 1 spiro atoms. The number of aromatic nitrogens is 1. The van der Waals surface area contributed by atoms with Gasteiger partial charge in [-0.3, -0.25) is 9.59 Å². The van der Waals surface area contributed by atoms with E-state index in [1.54, 1.807) is 12.1 Å². The number of hydrogen-bond donors (Lipinski definition) is 2. The lowest BCUT2D eigenvalue weighted by Crippen LogP contribution is -2.45. The highest BCUT2D eigenvalue weighted by Crippen LogP contribution is 2.59. The molecule has 2 aliphatic heterocycles. The number of nitrogens with one attached hydrogen (secondary N) is 2. The summed E-state index contributed by atoms with van der Waals surface area (Å²) in [5.74, 6) is 0.690. The van der Waals surface area contributed by atoms with Crippen LogP contribution in [0.1, 0.15) is 32.1 Å². The number of rotatable bonds is 3. The smallest absolute Gasteiger partial charge is 0.230 e. The third-order valence-corrected chi connectivity index (χ3v) is 6.39. The normalized spacial score (nSPS) is 27.2. The number of nitrogens with zero attached hydrogens (tertiary/aromatic N) is 2. The van der Waals surface area contributed by atoms with Crippen molar-refractivity contribution in [3.63, 3.8) is 0 Å². The zero-order valence-corrected chi connectivity index (χ0v) is 15.6. The topological polar surface area (TPSA) is 74.3 Å². The maximum absolute atomic E-state index is 12.9. The SMILES string of the molecule is O=C(Nc1ccc(Cl)cn1)C1CCCN(C(=O)C2CC23CCNCC3)C1. The minimum Gasteiger partial charge on any atom is -0.342 e. The zero-order valence-electron chi connectivity index (χ0n) is 14.8. The van der Waals surface area contributed by atoms with Crippen molar-refractivity contribution in [3.05, 3.63) is 23.4 Å². The summed E-state index contributed by atoms with van der Waals surface area (Å²) in [6.45, 7) is 3.32. The number of likely N-dealkylation sites (tertiary alicyclic amines) is 1. The molecule has 7 heteroatoms. The summed E-state index contributed by atoms with van der Waals surface area (Å²) in [6, 6.07) is 3.39. The van der Waals surface area contributed by atoms with Crippen molar-refractivity contribution >= 4 is 29.2 Å². The van der Waals surface area contributed by atoms with E-state index in [9.17, 15) is 9.59 Å². The summed E-state index contributed by atoms with van der Waals surface area (Å²) in [5, 5.41) is 6.76. The highest BCUT2D eigenvalue weighted by Gasteiger charge is 2.58. The first-order valence-corrected chi connectivity index (χ1v) is 9.87. The molecule has 1 saturated carbocycles. The Bertz CT molecular complexity index is 687. The summed E-state index contributed by atoms with van der Waals surface area (Å²) in [5.41, 5.74) is 0.241. The van der Waals surface area contributed by atoms with E-state index in [-0.39, 0.29) is 29.1 Å². The van der Waals surface area contributed by atoms with E-state index in [0.717, 1.165) is 51.7 Å². The van der Waals surface area contributed by atoms with Gasteiger partial charge in [0.05, 0.1) is 10.9 Å². The van der Waals surface area contributed by atoms with E-state index in [1.807, 2.05) is 4.90 Å². The molecule has 3 heterocycles. The van der Waals surface area contributed by atoms with Gasteiger partial charge in [0, 0.05) is 25.2 Å². The van der Waals surface area contributed by atoms with E-state index in [2.05, 4.69) is 15.6 Å². The second kappa shape index (κ2) is 7.16. The van der Waals surface area contributed by atoms with Crippen LogP contribution in [-0.2, 0) is 9.59 Å². The predicted octanol–water partition coefficient (Wildman–Crippen LogP) is 2.30. The molecule has 4 rings (SSSR count). The standard InChI is InChI=1S/C19H25ClN4O2/c20-14-3-4-16(22-11-14)23-17(25)13-2-1-9-24(12-13)18(26)15-10-19(15)5-7-21-8-6-19/h3-4,11,13,15,21H,1-2,5-10,12H2,(H,22,23,25). The second-order valence-electron chi connectivity index (χ2n) is 7.84. The fraction of sp³-hybridized carbons (Fsp3) is 0.632. The van der Waals surface area contributed by atoms with Crippen molar-refractivity contribution in [2.24, 2.45) is 17.3 Å². The molecule has 2 N–H and O–H groups in total. The van der Waals surface area contributed by atoms with Gasteiger partial charge in [0.25, 0.3) is 0 Å². The van der Waals surface area contributed by atoms with E-state index < -0.39 is 0 Å². The van der Waals surface area contributed by atoms with E-state index in [0.29, 0.717) is 17.4 Å². The van der Waals surface area contributed by atoms with Crippen molar-refractivity contribution in [1.82, 2.24) is 15.2 Å². The van der Waals surface area contributed by atoms with Gasteiger partial charge in [-0.05, 0) is 62.7 Å². The number of amides is 2. The van der Waals surface area contributed by atoms with Crippen LogP contribution in [0.4, 0.5) is 5.82 Å². The van der Waals surface area contributed by atoms with Gasteiger partial charge in [0.15, 0.2) is 0 Å². The molecule has 1 aromatic heterocycles. The lowest BCUT2D eigenvalue weighted by atomic mass is 9.91. The largest absolute Gasteiger partial charge is 0.342 e. The van der Waals surface area contributed by atoms with Gasteiger partial charge in [-0.15, -0.1) is 0 Å². The number of halogens is 1. The number of carbonyl (C=O) groups excluding carboxylic acids is 2. The van der Waals surface area contributed by atoms with Crippen LogP contribution in [-0.4, -0.2) is 47.9 Å². The maximum Gasteiger partial charge on any atom is 0.230 e. The van der Waals surface area contributed by atoms with Crippen molar-refractivity contribution in [1.29, 1.82) is 0 Å². The van der Waals surface area contributed by atoms with Crippen LogP contribution in [0.25, 0.3) is 0 Å². The predicted molar refractivity (Wildman–Crippen MR) is 99.8 cm³/mol. The van der Waals surface area contributed by atoms with Crippen molar-refractivity contribution in [3.8, 4) is 0 Å². The summed E-state index contributed by atoms with van der Waals surface area (Å²) in [4.78, 5) is 31.5. The number of pyridine rings is 1. The molecule has 3 aliphatic rings. The van der Waals surface area contributed by atoms with Crippen LogP contribution in [0, 0.1) is 17.3 Å². The van der Waals surface area contributed by atoms with Gasteiger partial charge in [-0.2, -0.15) is 0 Å². The average Bonchev–Trinajstić information content (AvgIpc) is 3.36. The van der Waals surface area contributed by atoms with Crippen LogP contribution in [0.15, 0.2) is 18.3 Å². The molecular formula is C19H25ClN4O2. The van der Waals surface area contributed by atoms with Crippen molar-refractivity contribution in [2.45, 2.75) is 32.1 Å². The van der Waals surface area contributed by atoms with Gasteiger partial charge >= 0.3 is 0 Å². The van der Waals surface area contributed by atoms with Gasteiger partial charge in [0.2, 0.25) is 11.8 Å². The Labute approximate surface area is 158 Å². The lowest BCUT2D eigenvalue weighted by Gasteiger charge is -2.33. The first-order valence-electron chi connectivity index (χ1n) is 9.49. The van der Waals surface area contributed by atoms with Crippen LogP contribution < -0.4 is 10.6 Å².